The predicted molar refractivity (Wildman–Crippen MR) is 90.6 cm³/mol. The summed E-state index contributed by atoms with van der Waals surface area (Å²) in [5, 5.41) is 4.76. The molecule has 5 nitrogen and oxygen atoms in total. The van der Waals surface area contributed by atoms with Crippen LogP contribution in [0.2, 0.25) is 0 Å². The van der Waals surface area contributed by atoms with Crippen molar-refractivity contribution in [1.82, 2.24) is 0 Å². The lowest BCUT2D eigenvalue weighted by atomic mass is 10.2. The van der Waals surface area contributed by atoms with Gasteiger partial charge in [0.2, 0.25) is 0 Å². The standard InChI is InChI=1S/C18H18F2N2O3/c1-2-3-10-25-17(23)12-4-7-14(8-5-12)21-18(24)22-16-9-6-13(19)11-15(16)20/h4-9,11H,2-3,10H2,1H3,(H2,21,22,24). The summed E-state index contributed by atoms with van der Waals surface area (Å²) in [6, 6.07) is 8.23. The number of hydrogen-bond donors (Lipinski definition) is 2. The van der Waals surface area contributed by atoms with Gasteiger partial charge in [-0.05, 0) is 42.8 Å². The Morgan fingerprint density at radius 3 is 2.40 bits per heavy atom. The van der Waals surface area contributed by atoms with Crippen LogP contribution in [-0.4, -0.2) is 18.6 Å². The molecule has 2 aromatic carbocycles. The summed E-state index contributed by atoms with van der Waals surface area (Å²) in [5.41, 5.74) is 0.631. The van der Waals surface area contributed by atoms with E-state index in [4.69, 9.17) is 4.74 Å². The maximum absolute atomic E-state index is 13.5. The molecule has 0 fully saturated rings. The molecule has 0 aliphatic rings. The van der Waals surface area contributed by atoms with E-state index in [9.17, 15) is 18.4 Å². The van der Waals surface area contributed by atoms with Crippen LogP contribution in [0.3, 0.4) is 0 Å². The van der Waals surface area contributed by atoms with Crippen molar-refractivity contribution in [2.45, 2.75) is 19.8 Å². The molecule has 0 heterocycles. The minimum Gasteiger partial charge on any atom is -0.462 e. The molecule has 2 aromatic rings. The van der Waals surface area contributed by atoms with Crippen LogP contribution in [0.5, 0.6) is 0 Å². The van der Waals surface area contributed by atoms with Gasteiger partial charge in [0.1, 0.15) is 11.6 Å². The Morgan fingerprint density at radius 2 is 1.76 bits per heavy atom. The van der Waals surface area contributed by atoms with Crippen LogP contribution in [0.15, 0.2) is 42.5 Å². The quantitative estimate of drug-likeness (QED) is 0.594. The van der Waals surface area contributed by atoms with Gasteiger partial charge in [-0.2, -0.15) is 0 Å². The SMILES string of the molecule is CCCCOC(=O)c1ccc(NC(=O)Nc2ccc(F)cc2F)cc1. The number of nitrogens with one attached hydrogen (secondary N) is 2. The number of urea groups is 1. The van der Waals surface area contributed by atoms with Crippen LogP contribution in [0.4, 0.5) is 25.0 Å². The molecule has 2 amide bonds. The van der Waals surface area contributed by atoms with Crippen LogP contribution in [0.25, 0.3) is 0 Å². The average Bonchev–Trinajstić information content (AvgIpc) is 2.58. The van der Waals surface area contributed by atoms with Gasteiger partial charge in [-0.1, -0.05) is 13.3 Å². The number of rotatable bonds is 6. The molecule has 0 bridgehead atoms. The zero-order valence-corrected chi connectivity index (χ0v) is 13.6. The molecule has 2 rings (SSSR count). The number of anilines is 2. The number of esters is 1. The van der Waals surface area contributed by atoms with Gasteiger partial charge in [-0.15, -0.1) is 0 Å². The van der Waals surface area contributed by atoms with Crippen molar-refractivity contribution in [3.05, 3.63) is 59.7 Å². The number of carbonyl (C=O) groups excluding carboxylic acids is 2. The summed E-state index contributed by atoms with van der Waals surface area (Å²) in [6.45, 7) is 2.36. The normalized spacial score (nSPS) is 10.2. The molecule has 0 aromatic heterocycles. The Kier molecular flexibility index (Phi) is 6.45. The third-order valence-electron chi connectivity index (χ3n) is 3.29. The molecule has 0 spiro atoms. The van der Waals surface area contributed by atoms with E-state index in [2.05, 4.69) is 10.6 Å². The highest BCUT2D eigenvalue weighted by molar-refractivity contribution is 6.00. The Bertz CT molecular complexity index is 748. The zero-order chi connectivity index (χ0) is 18.2. The van der Waals surface area contributed by atoms with Gasteiger partial charge in [-0.25, -0.2) is 18.4 Å². The number of amides is 2. The smallest absolute Gasteiger partial charge is 0.338 e. The largest absolute Gasteiger partial charge is 0.462 e. The first-order chi connectivity index (χ1) is 12.0. The first-order valence-corrected chi connectivity index (χ1v) is 7.80. The molecule has 0 aliphatic carbocycles. The van der Waals surface area contributed by atoms with Crippen molar-refractivity contribution in [2.24, 2.45) is 0 Å². The first kappa shape index (κ1) is 18.4. The van der Waals surface area contributed by atoms with E-state index in [0.29, 0.717) is 23.9 Å². The Hall–Kier alpha value is -2.96. The lowest BCUT2D eigenvalue weighted by Crippen LogP contribution is -2.20. The summed E-state index contributed by atoms with van der Waals surface area (Å²) in [4.78, 5) is 23.6. The van der Waals surface area contributed by atoms with Gasteiger partial charge in [-0.3, -0.25) is 0 Å². The number of unbranched alkanes of at least 4 members (excludes halogenated alkanes) is 1. The van der Waals surface area contributed by atoms with Crippen LogP contribution in [0.1, 0.15) is 30.1 Å². The van der Waals surface area contributed by atoms with Crippen LogP contribution >= 0.6 is 0 Å². The number of halogens is 2. The van der Waals surface area contributed by atoms with Crippen molar-refractivity contribution in [3.63, 3.8) is 0 Å². The maximum atomic E-state index is 13.5. The van der Waals surface area contributed by atoms with E-state index in [0.717, 1.165) is 25.0 Å². The Balaban J connectivity index is 1.91. The van der Waals surface area contributed by atoms with Gasteiger partial charge in [0.15, 0.2) is 0 Å². The monoisotopic (exact) mass is 348 g/mol. The van der Waals surface area contributed by atoms with Crippen molar-refractivity contribution in [2.75, 3.05) is 17.2 Å². The van der Waals surface area contributed by atoms with E-state index in [1.807, 2.05) is 6.92 Å². The molecular formula is C18H18F2N2O3. The summed E-state index contributed by atoms with van der Waals surface area (Å²) in [6.07, 6.45) is 1.73. The number of benzene rings is 2. The Labute approximate surface area is 144 Å². The van der Waals surface area contributed by atoms with Crippen molar-refractivity contribution in [3.8, 4) is 0 Å². The van der Waals surface area contributed by atoms with E-state index in [1.165, 1.54) is 24.3 Å². The minimum absolute atomic E-state index is 0.143. The fourth-order valence-electron chi connectivity index (χ4n) is 1.96. The highest BCUT2D eigenvalue weighted by Gasteiger charge is 2.10. The van der Waals surface area contributed by atoms with Gasteiger partial charge in [0.25, 0.3) is 0 Å². The molecule has 7 heteroatoms. The predicted octanol–water partition coefficient (Wildman–Crippen LogP) is 4.57. The fourth-order valence-corrected chi connectivity index (χ4v) is 1.96. The summed E-state index contributed by atoms with van der Waals surface area (Å²) in [5.74, 6) is -2.04. The third kappa shape index (κ3) is 5.56. The zero-order valence-electron chi connectivity index (χ0n) is 13.6. The first-order valence-electron chi connectivity index (χ1n) is 7.80. The van der Waals surface area contributed by atoms with Gasteiger partial charge < -0.3 is 15.4 Å². The van der Waals surface area contributed by atoms with E-state index >= 15 is 0 Å². The molecule has 0 saturated heterocycles. The highest BCUT2D eigenvalue weighted by atomic mass is 19.1. The maximum Gasteiger partial charge on any atom is 0.338 e. The third-order valence-corrected chi connectivity index (χ3v) is 3.29. The number of carbonyl (C=O) groups is 2. The van der Waals surface area contributed by atoms with Crippen molar-refractivity contribution in [1.29, 1.82) is 0 Å². The second kappa shape index (κ2) is 8.77. The number of hydrogen-bond acceptors (Lipinski definition) is 3. The van der Waals surface area contributed by atoms with Crippen LogP contribution in [-0.2, 0) is 4.74 Å². The molecule has 0 saturated carbocycles. The summed E-state index contributed by atoms with van der Waals surface area (Å²) < 4.78 is 31.4. The van der Waals surface area contributed by atoms with Gasteiger partial charge in [0, 0.05) is 11.8 Å². The van der Waals surface area contributed by atoms with Crippen LogP contribution < -0.4 is 10.6 Å². The van der Waals surface area contributed by atoms with Crippen LogP contribution in [0, 0.1) is 11.6 Å². The molecule has 25 heavy (non-hydrogen) atoms. The lowest BCUT2D eigenvalue weighted by Gasteiger charge is -2.09. The van der Waals surface area contributed by atoms with E-state index in [1.54, 1.807) is 0 Å². The molecule has 132 valence electrons. The van der Waals surface area contributed by atoms with E-state index in [-0.39, 0.29) is 5.69 Å². The van der Waals surface area contributed by atoms with Crippen molar-refractivity contribution < 1.29 is 23.1 Å². The topological polar surface area (TPSA) is 67.4 Å². The molecule has 0 unspecified atom stereocenters. The second-order valence-corrected chi connectivity index (χ2v) is 5.27. The molecular weight excluding hydrogens is 330 g/mol. The van der Waals surface area contributed by atoms with E-state index < -0.39 is 23.6 Å². The van der Waals surface area contributed by atoms with Gasteiger partial charge >= 0.3 is 12.0 Å². The fraction of sp³-hybridized carbons (Fsp3) is 0.222. The molecule has 0 radical (unpaired) electrons. The average molecular weight is 348 g/mol. The number of ether oxygens (including phenoxy) is 1. The Morgan fingerprint density at radius 1 is 1.04 bits per heavy atom. The highest BCUT2D eigenvalue weighted by Crippen LogP contribution is 2.16. The minimum atomic E-state index is -0.875. The summed E-state index contributed by atoms with van der Waals surface area (Å²) in [7, 11) is 0. The second-order valence-electron chi connectivity index (χ2n) is 5.27. The molecule has 0 atom stereocenters. The molecule has 2 N–H and O–H groups in total. The van der Waals surface area contributed by atoms with Gasteiger partial charge in [0.05, 0.1) is 17.9 Å². The lowest BCUT2D eigenvalue weighted by molar-refractivity contribution is 0.0500. The summed E-state index contributed by atoms with van der Waals surface area (Å²) >= 11 is 0. The molecule has 0 aliphatic heterocycles. The van der Waals surface area contributed by atoms with Crippen molar-refractivity contribution >= 4 is 23.4 Å².